The van der Waals surface area contributed by atoms with Crippen molar-refractivity contribution in [1.29, 1.82) is 0 Å². The summed E-state index contributed by atoms with van der Waals surface area (Å²) in [6.07, 6.45) is 0. The number of aliphatic imine (C=N–C) groups is 1. The second kappa shape index (κ2) is 5.89. The third kappa shape index (κ3) is 3.83. The van der Waals surface area contributed by atoms with Crippen LogP contribution in [0.15, 0.2) is 34.6 Å². The topological polar surface area (TPSA) is 50.4 Å². The number of guanidine groups is 1. The first-order chi connectivity index (χ1) is 9.04. The van der Waals surface area contributed by atoms with Gasteiger partial charge in [0.05, 0.1) is 6.54 Å². The molecule has 0 fully saturated rings. The highest BCUT2D eigenvalue weighted by Gasteiger charge is 1.99. The van der Waals surface area contributed by atoms with Gasteiger partial charge >= 0.3 is 0 Å². The van der Waals surface area contributed by atoms with E-state index in [1.807, 2.05) is 6.07 Å². The Morgan fingerprint density at radius 3 is 2.63 bits per heavy atom. The van der Waals surface area contributed by atoms with Crippen molar-refractivity contribution in [3.63, 3.8) is 0 Å². The number of hydrogen-bond acceptors (Lipinski definition) is 2. The van der Waals surface area contributed by atoms with Gasteiger partial charge in [-0.3, -0.25) is 0 Å². The molecule has 1 heterocycles. The lowest BCUT2D eigenvalue weighted by molar-refractivity contribution is 1.09. The predicted octanol–water partition coefficient (Wildman–Crippen LogP) is 3.60. The van der Waals surface area contributed by atoms with Gasteiger partial charge in [0.1, 0.15) is 0 Å². The molecule has 0 aliphatic carbocycles. The summed E-state index contributed by atoms with van der Waals surface area (Å²) in [5.41, 5.74) is 10.7. The monoisotopic (exact) mass is 273 g/mol. The summed E-state index contributed by atoms with van der Waals surface area (Å²) in [5.74, 6) is 0.453. The van der Waals surface area contributed by atoms with Crippen LogP contribution in [0, 0.1) is 20.8 Å². The molecule has 0 atom stereocenters. The van der Waals surface area contributed by atoms with Crippen LogP contribution in [-0.4, -0.2) is 5.96 Å². The van der Waals surface area contributed by atoms with Crippen LogP contribution in [0.4, 0.5) is 5.69 Å². The molecule has 1 aromatic carbocycles. The molecule has 3 N–H and O–H groups in total. The van der Waals surface area contributed by atoms with Crippen LogP contribution in [0.1, 0.15) is 21.6 Å². The third-order valence-corrected chi connectivity index (χ3v) is 4.01. The fourth-order valence-electron chi connectivity index (χ4n) is 1.74. The fraction of sp³-hybridized carbons (Fsp3) is 0.267. The van der Waals surface area contributed by atoms with Gasteiger partial charge in [-0.05, 0) is 61.0 Å². The molecule has 3 nitrogen and oxygen atoms in total. The SMILES string of the molecule is Cc1csc(CN=C(N)Nc2ccc(C)c(C)c2)c1. The van der Waals surface area contributed by atoms with Gasteiger partial charge in [0, 0.05) is 10.6 Å². The van der Waals surface area contributed by atoms with Gasteiger partial charge < -0.3 is 11.1 Å². The minimum absolute atomic E-state index is 0.453. The maximum Gasteiger partial charge on any atom is 0.193 e. The molecule has 0 unspecified atom stereocenters. The summed E-state index contributed by atoms with van der Waals surface area (Å²) in [4.78, 5) is 5.57. The van der Waals surface area contributed by atoms with Crippen LogP contribution in [0.3, 0.4) is 0 Å². The lowest BCUT2D eigenvalue weighted by Gasteiger charge is -2.07. The maximum atomic E-state index is 5.89. The molecule has 2 aromatic rings. The van der Waals surface area contributed by atoms with Gasteiger partial charge in [0.2, 0.25) is 0 Å². The molecule has 0 aliphatic rings. The van der Waals surface area contributed by atoms with Crippen LogP contribution >= 0.6 is 11.3 Å². The number of nitrogens with one attached hydrogen (secondary N) is 1. The van der Waals surface area contributed by atoms with Crippen LogP contribution in [0.5, 0.6) is 0 Å². The number of nitrogens with two attached hydrogens (primary N) is 1. The van der Waals surface area contributed by atoms with E-state index in [9.17, 15) is 0 Å². The standard InChI is InChI=1S/C15H19N3S/c1-10-6-14(19-9-10)8-17-15(16)18-13-5-4-11(2)12(3)7-13/h4-7,9H,8H2,1-3H3,(H3,16,17,18). The van der Waals surface area contributed by atoms with Crippen LogP contribution < -0.4 is 11.1 Å². The van der Waals surface area contributed by atoms with E-state index < -0.39 is 0 Å². The number of aryl methyl sites for hydroxylation is 3. The molecule has 0 bridgehead atoms. The molecule has 1 aromatic heterocycles. The van der Waals surface area contributed by atoms with Crippen LogP contribution in [0.2, 0.25) is 0 Å². The van der Waals surface area contributed by atoms with Crippen molar-refractivity contribution >= 4 is 23.0 Å². The Hall–Kier alpha value is -1.81. The quantitative estimate of drug-likeness (QED) is 0.663. The molecule has 2 rings (SSSR count). The second-order valence-corrected chi connectivity index (χ2v) is 5.71. The van der Waals surface area contributed by atoms with Gasteiger partial charge in [-0.25, -0.2) is 4.99 Å². The number of nitrogens with zero attached hydrogens (tertiary/aromatic N) is 1. The zero-order valence-corrected chi connectivity index (χ0v) is 12.3. The van der Waals surface area contributed by atoms with E-state index in [-0.39, 0.29) is 0 Å². The highest BCUT2D eigenvalue weighted by molar-refractivity contribution is 7.10. The van der Waals surface area contributed by atoms with Gasteiger partial charge in [0.25, 0.3) is 0 Å². The Morgan fingerprint density at radius 2 is 2.00 bits per heavy atom. The third-order valence-electron chi connectivity index (χ3n) is 2.97. The first kappa shape index (κ1) is 13.6. The van der Waals surface area contributed by atoms with Crippen molar-refractivity contribution in [2.75, 3.05) is 5.32 Å². The summed E-state index contributed by atoms with van der Waals surface area (Å²) in [6.45, 7) is 6.89. The van der Waals surface area contributed by atoms with Crippen LogP contribution in [-0.2, 0) is 6.54 Å². The van der Waals surface area contributed by atoms with Crippen molar-refractivity contribution in [2.45, 2.75) is 27.3 Å². The highest BCUT2D eigenvalue weighted by Crippen LogP contribution is 2.15. The Labute approximate surface area is 118 Å². The molecule has 0 spiro atoms. The molecule has 100 valence electrons. The lowest BCUT2D eigenvalue weighted by atomic mass is 10.1. The smallest absolute Gasteiger partial charge is 0.193 e. The van der Waals surface area contributed by atoms with E-state index in [0.717, 1.165) is 5.69 Å². The van der Waals surface area contributed by atoms with Crippen molar-refractivity contribution < 1.29 is 0 Å². The lowest BCUT2D eigenvalue weighted by Crippen LogP contribution is -2.22. The van der Waals surface area contributed by atoms with Gasteiger partial charge in [-0.2, -0.15) is 0 Å². The Bertz CT molecular complexity index is 599. The summed E-state index contributed by atoms with van der Waals surface area (Å²) in [7, 11) is 0. The van der Waals surface area contributed by atoms with E-state index in [4.69, 9.17) is 5.73 Å². The molecule has 0 aliphatic heterocycles. The number of hydrogen-bond donors (Lipinski definition) is 2. The summed E-state index contributed by atoms with van der Waals surface area (Å²) >= 11 is 1.71. The molecule has 0 amide bonds. The summed E-state index contributed by atoms with van der Waals surface area (Å²) in [6, 6.07) is 8.30. The number of anilines is 1. The average Bonchev–Trinajstić information content (AvgIpc) is 2.77. The molecular formula is C15H19N3S. The van der Waals surface area contributed by atoms with E-state index in [0.29, 0.717) is 12.5 Å². The normalized spacial score (nSPS) is 11.6. The van der Waals surface area contributed by atoms with Gasteiger partial charge in [-0.15, -0.1) is 11.3 Å². The molecule has 19 heavy (non-hydrogen) atoms. The zero-order chi connectivity index (χ0) is 13.8. The molecule has 0 saturated carbocycles. The van der Waals surface area contributed by atoms with E-state index in [1.165, 1.54) is 21.6 Å². The van der Waals surface area contributed by atoms with Crippen molar-refractivity contribution in [3.05, 3.63) is 51.2 Å². The minimum Gasteiger partial charge on any atom is -0.370 e. The maximum absolute atomic E-state index is 5.89. The Kier molecular flexibility index (Phi) is 4.22. The van der Waals surface area contributed by atoms with Gasteiger partial charge in [0.15, 0.2) is 5.96 Å². The highest BCUT2D eigenvalue weighted by atomic mass is 32.1. The van der Waals surface area contributed by atoms with Crippen molar-refractivity contribution in [3.8, 4) is 0 Å². The Balaban J connectivity index is 1.99. The first-order valence-electron chi connectivity index (χ1n) is 6.23. The van der Waals surface area contributed by atoms with E-state index in [1.54, 1.807) is 11.3 Å². The largest absolute Gasteiger partial charge is 0.370 e. The predicted molar refractivity (Wildman–Crippen MR) is 83.9 cm³/mol. The zero-order valence-electron chi connectivity index (χ0n) is 11.5. The number of thiophene rings is 1. The van der Waals surface area contributed by atoms with E-state index >= 15 is 0 Å². The summed E-state index contributed by atoms with van der Waals surface area (Å²) < 4.78 is 0. The van der Waals surface area contributed by atoms with Crippen molar-refractivity contribution in [2.24, 2.45) is 10.7 Å². The molecule has 4 heteroatoms. The fourth-order valence-corrected chi connectivity index (χ4v) is 2.54. The number of rotatable bonds is 3. The molecule has 0 saturated heterocycles. The summed E-state index contributed by atoms with van der Waals surface area (Å²) in [5, 5.41) is 5.24. The Morgan fingerprint density at radius 1 is 1.21 bits per heavy atom. The van der Waals surface area contributed by atoms with Gasteiger partial charge in [-0.1, -0.05) is 6.07 Å². The molecule has 0 radical (unpaired) electrons. The van der Waals surface area contributed by atoms with E-state index in [2.05, 4.69) is 54.7 Å². The molecular weight excluding hydrogens is 254 g/mol. The van der Waals surface area contributed by atoms with Crippen LogP contribution in [0.25, 0.3) is 0 Å². The second-order valence-electron chi connectivity index (χ2n) is 4.72. The first-order valence-corrected chi connectivity index (χ1v) is 7.11. The number of benzene rings is 1. The average molecular weight is 273 g/mol. The van der Waals surface area contributed by atoms with Crippen molar-refractivity contribution in [1.82, 2.24) is 0 Å². The minimum atomic E-state index is 0.453.